The van der Waals surface area contributed by atoms with E-state index >= 15 is 0 Å². The van der Waals surface area contributed by atoms with Gasteiger partial charge in [0, 0.05) is 11.3 Å². The fourth-order valence-electron chi connectivity index (χ4n) is 5.93. The average Bonchev–Trinajstić information content (AvgIpc) is 3.01. The largest absolute Gasteiger partial charge is 0.508 e. The van der Waals surface area contributed by atoms with Gasteiger partial charge in [-0.1, -0.05) is 12.1 Å². The maximum absolute atomic E-state index is 14.0. The first-order valence-corrected chi connectivity index (χ1v) is 16.9. The number of nitrogens with zero attached hydrogens (tertiary/aromatic N) is 2. The molecule has 4 N–H and O–H groups in total. The second-order valence-corrected chi connectivity index (χ2v) is 13.8. The van der Waals surface area contributed by atoms with Crippen molar-refractivity contribution in [2.75, 3.05) is 45.4 Å². The standard InChI is InChI=1S/C33H39F3N4O8S/c1-40(19-23-8-15-29(46-2)30(18-23)47-3)16-4-5-25(20-40)39(31(42)28(37)17-22-6-11-26(41)12-7-22)32(43)38-24-9-13-27(14-10-24)48-49(44,45)21-33(34,35)36/h6-15,18,25,28H,4-5,16-17,19-21,37H2,1-3H3,(H-,38,41,43)/p+1/t25-,28-,40?/m0/s1. The lowest BCUT2D eigenvalue weighted by atomic mass is 9.98. The number of phenols is 1. The monoisotopic (exact) mass is 709 g/mol. The molecule has 266 valence electrons. The Kier molecular flexibility index (Phi) is 11.7. The number of quaternary nitrogens is 1. The fourth-order valence-corrected chi connectivity index (χ4v) is 6.79. The average molecular weight is 710 g/mol. The van der Waals surface area contributed by atoms with Crippen molar-refractivity contribution in [1.82, 2.24) is 4.90 Å². The number of anilines is 1. The maximum atomic E-state index is 14.0. The van der Waals surface area contributed by atoms with Crippen molar-refractivity contribution in [1.29, 1.82) is 0 Å². The number of methoxy groups -OCH3 is 2. The van der Waals surface area contributed by atoms with Crippen LogP contribution in [0.5, 0.6) is 23.0 Å². The molecule has 1 aliphatic heterocycles. The van der Waals surface area contributed by atoms with Crippen LogP contribution in [0.3, 0.4) is 0 Å². The Balaban J connectivity index is 1.56. The molecule has 0 radical (unpaired) electrons. The van der Waals surface area contributed by atoms with Gasteiger partial charge >= 0.3 is 22.3 Å². The van der Waals surface area contributed by atoms with Crippen molar-refractivity contribution in [2.24, 2.45) is 5.73 Å². The summed E-state index contributed by atoms with van der Waals surface area (Å²) in [5.74, 6) is -1.97. The zero-order valence-corrected chi connectivity index (χ0v) is 28.1. The molecule has 0 saturated carbocycles. The summed E-state index contributed by atoms with van der Waals surface area (Å²) in [6.07, 6.45) is -3.70. The summed E-state index contributed by atoms with van der Waals surface area (Å²) in [7, 11) is 0.179. The van der Waals surface area contributed by atoms with Crippen molar-refractivity contribution < 1.29 is 54.4 Å². The number of aromatic hydroxyl groups is 1. The van der Waals surface area contributed by atoms with Gasteiger partial charge in [0.15, 0.2) is 17.3 Å². The molecule has 3 aromatic rings. The van der Waals surface area contributed by atoms with Gasteiger partial charge in [0.25, 0.3) is 0 Å². The molecular weight excluding hydrogens is 669 g/mol. The molecule has 0 bridgehead atoms. The molecule has 1 unspecified atom stereocenters. The van der Waals surface area contributed by atoms with Crippen LogP contribution in [0.15, 0.2) is 66.7 Å². The Labute approximate surface area is 282 Å². The molecule has 16 heteroatoms. The number of urea groups is 1. The number of halogens is 3. The molecule has 1 aliphatic rings. The zero-order chi connectivity index (χ0) is 36.0. The van der Waals surface area contributed by atoms with Crippen LogP contribution in [0.4, 0.5) is 23.7 Å². The predicted octanol–water partition coefficient (Wildman–Crippen LogP) is 4.42. The van der Waals surface area contributed by atoms with Crippen LogP contribution < -0.4 is 24.7 Å². The van der Waals surface area contributed by atoms with E-state index in [-0.39, 0.29) is 23.6 Å². The highest BCUT2D eigenvalue weighted by Crippen LogP contribution is 2.31. The molecular formula is C33H40F3N4O8S+. The van der Waals surface area contributed by atoms with Crippen LogP contribution in [-0.2, 0) is 27.9 Å². The van der Waals surface area contributed by atoms with E-state index in [4.69, 9.17) is 15.2 Å². The van der Waals surface area contributed by atoms with E-state index in [1.54, 1.807) is 26.4 Å². The van der Waals surface area contributed by atoms with E-state index in [0.717, 1.165) is 29.1 Å². The molecule has 1 heterocycles. The lowest BCUT2D eigenvalue weighted by molar-refractivity contribution is -0.928. The van der Waals surface area contributed by atoms with E-state index in [0.29, 0.717) is 47.5 Å². The Hall–Kier alpha value is -4.54. The third-order valence-electron chi connectivity index (χ3n) is 8.10. The van der Waals surface area contributed by atoms with E-state index in [9.17, 15) is 36.3 Å². The van der Waals surface area contributed by atoms with E-state index in [1.165, 1.54) is 24.3 Å². The molecule has 4 rings (SSSR count). The molecule has 49 heavy (non-hydrogen) atoms. The summed E-state index contributed by atoms with van der Waals surface area (Å²) >= 11 is 0. The number of amides is 3. The van der Waals surface area contributed by atoms with Crippen LogP contribution in [0.2, 0.25) is 0 Å². The minimum Gasteiger partial charge on any atom is -0.508 e. The number of likely N-dealkylation sites (tertiary alicyclic amines) is 1. The number of piperidine rings is 1. The van der Waals surface area contributed by atoms with Gasteiger partial charge in [-0.3, -0.25) is 9.69 Å². The summed E-state index contributed by atoms with van der Waals surface area (Å²) in [6.45, 7) is 1.74. The molecule has 12 nitrogen and oxygen atoms in total. The van der Waals surface area contributed by atoms with Crippen LogP contribution in [-0.4, -0.2) is 93.2 Å². The molecule has 1 fully saturated rings. The van der Waals surface area contributed by atoms with Crippen LogP contribution in [0.25, 0.3) is 0 Å². The second-order valence-electron chi connectivity index (χ2n) is 12.2. The van der Waals surface area contributed by atoms with E-state index in [1.807, 2.05) is 25.2 Å². The van der Waals surface area contributed by atoms with E-state index in [2.05, 4.69) is 9.50 Å². The highest BCUT2D eigenvalue weighted by molar-refractivity contribution is 7.87. The minimum atomic E-state index is -4.98. The lowest BCUT2D eigenvalue weighted by Crippen LogP contribution is -2.62. The third kappa shape index (κ3) is 10.5. The zero-order valence-electron chi connectivity index (χ0n) is 27.3. The van der Waals surface area contributed by atoms with Crippen LogP contribution in [0.1, 0.15) is 24.0 Å². The number of carbonyl (C=O) groups excluding carboxylic acids is 2. The van der Waals surface area contributed by atoms with Gasteiger partial charge in [0.05, 0.1) is 39.9 Å². The Morgan fingerprint density at radius 3 is 2.27 bits per heavy atom. The number of nitrogens with one attached hydrogen (secondary N) is 1. The maximum Gasteiger partial charge on any atom is 0.406 e. The van der Waals surface area contributed by atoms with Gasteiger partial charge in [0.2, 0.25) is 5.91 Å². The lowest BCUT2D eigenvalue weighted by Gasteiger charge is -2.44. The fraction of sp³-hybridized carbons (Fsp3) is 0.394. The minimum absolute atomic E-state index is 0.0489. The summed E-state index contributed by atoms with van der Waals surface area (Å²) in [6, 6.07) is 14.0. The SMILES string of the molecule is COc1ccc(C[N+]2(C)CCC[C@H](N(C(=O)Nc3ccc(OS(=O)(=O)CC(F)(F)F)cc3)C(=O)[C@@H](N)Cc3ccc(O)cc3)C2)cc1OC. The van der Waals surface area contributed by atoms with Crippen LogP contribution >= 0.6 is 0 Å². The quantitative estimate of drug-likeness (QED) is 0.183. The molecule has 1 saturated heterocycles. The number of ether oxygens (including phenoxy) is 2. The van der Waals surface area contributed by atoms with Crippen LogP contribution in [0, 0.1) is 0 Å². The number of rotatable bonds is 12. The first kappa shape index (κ1) is 37.3. The number of hydrogen-bond acceptors (Lipinski definition) is 9. The topological polar surface area (TPSA) is 157 Å². The van der Waals surface area contributed by atoms with Gasteiger partial charge in [-0.15, -0.1) is 0 Å². The van der Waals surface area contributed by atoms with Gasteiger partial charge in [-0.25, -0.2) is 4.79 Å². The number of alkyl halides is 3. The Morgan fingerprint density at radius 2 is 1.65 bits per heavy atom. The number of nitrogens with two attached hydrogens (primary N) is 1. The molecule has 3 aromatic carbocycles. The Morgan fingerprint density at radius 1 is 1.02 bits per heavy atom. The highest BCUT2D eigenvalue weighted by atomic mass is 32.2. The summed E-state index contributed by atoms with van der Waals surface area (Å²) in [4.78, 5) is 29.0. The number of imide groups is 1. The smallest absolute Gasteiger partial charge is 0.406 e. The van der Waals surface area contributed by atoms with Gasteiger partial charge in [-0.2, -0.15) is 21.6 Å². The predicted molar refractivity (Wildman–Crippen MR) is 175 cm³/mol. The number of benzene rings is 3. The third-order valence-corrected chi connectivity index (χ3v) is 9.23. The van der Waals surface area contributed by atoms with Crippen molar-refractivity contribution in [3.63, 3.8) is 0 Å². The molecule has 0 aliphatic carbocycles. The number of hydrogen-bond donors (Lipinski definition) is 3. The summed E-state index contributed by atoms with van der Waals surface area (Å²) in [5, 5.41) is 12.3. The van der Waals surface area contributed by atoms with Crippen molar-refractivity contribution in [2.45, 2.75) is 44.1 Å². The molecule has 3 amide bonds. The van der Waals surface area contributed by atoms with E-state index < -0.39 is 46.1 Å². The normalized spacial score (nSPS) is 18.6. The first-order chi connectivity index (χ1) is 23.0. The summed E-state index contributed by atoms with van der Waals surface area (Å²) < 4.78 is 77.2. The highest BCUT2D eigenvalue weighted by Gasteiger charge is 2.41. The molecule has 3 atom stereocenters. The number of carbonyl (C=O) groups is 2. The van der Waals surface area contributed by atoms with Crippen molar-refractivity contribution in [3.8, 4) is 23.0 Å². The Bertz CT molecular complexity index is 1720. The van der Waals surface area contributed by atoms with Gasteiger partial charge < -0.3 is 34.3 Å². The number of phenolic OH excluding ortho intramolecular Hbond substituents is 1. The first-order valence-electron chi connectivity index (χ1n) is 15.3. The van der Waals surface area contributed by atoms with Crippen molar-refractivity contribution >= 4 is 27.7 Å². The molecule has 0 spiro atoms. The van der Waals surface area contributed by atoms with Gasteiger partial charge in [0.1, 0.15) is 24.6 Å². The summed E-state index contributed by atoms with van der Waals surface area (Å²) in [5.41, 5.74) is 8.15. The van der Waals surface area contributed by atoms with Crippen molar-refractivity contribution in [3.05, 3.63) is 77.9 Å². The van der Waals surface area contributed by atoms with Gasteiger partial charge in [-0.05, 0) is 79.4 Å². The molecule has 0 aromatic heterocycles. The second kappa shape index (κ2) is 15.3. The number of likely N-dealkylation sites (N-methyl/N-ethyl adjacent to an activating group) is 1.